The van der Waals surface area contributed by atoms with Crippen LogP contribution in [0.4, 0.5) is 0 Å². The van der Waals surface area contributed by atoms with Crippen molar-refractivity contribution in [2.45, 2.75) is 6.42 Å². The second kappa shape index (κ2) is 8.51. The minimum Gasteiger partial charge on any atom is -0.496 e. The Morgan fingerprint density at radius 3 is 2.16 bits per heavy atom. The van der Waals surface area contributed by atoms with Gasteiger partial charge in [-0.3, -0.25) is 24.1 Å². The second-order valence-electron chi connectivity index (χ2n) is 7.20. The van der Waals surface area contributed by atoms with Crippen LogP contribution in [0.3, 0.4) is 0 Å². The maximum absolute atomic E-state index is 13.4. The quantitative estimate of drug-likeness (QED) is 0.639. The van der Waals surface area contributed by atoms with Gasteiger partial charge in [0.05, 0.1) is 30.4 Å². The molecule has 166 valence electrons. The van der Waals surface area contributed by atoms with Crippen molar-refractivity contribution >= 4 is 35.2 Å². The van der Waals surface area contributed by atoms with Gasteiger partial charge in [0.2, 0.25) is 0 Å². The van der Waals surface area contributed by atoms with Crippen molar-refractivity contribution in [2.24, 2.45) is 0 Å². The van der Waals surface area contributed by atoms with Gasteiger partial charge in [-0.1, -0.05) is 23.7 Å². The minimum atomic E-state index is -0.551. The summed E-state index contributed by atoms with van der Waals surface area (Å²) in [7, 11) is 2.79. The van der Waals surface area contributed by atoms with Gasteiger partial charge in [0.15, 0.2) is 5.75 Å². The molecule has 0 aromatic heterocycles. The molecule has 1 fully saturated rings. The van der Waals surface area contributed by atoms with Crippen LogP contribution in [0.15, 0.2) is 36.4 Å². The lowest BCUT2D eigenvalue weighted by Gasteiger charge is -2.30. The summed E-state index contributed by atoms with van der Waals surface area (Å²) in [5, 5.41) is 2.72. The van der Waals surface area contributed by atoms with Crippen molar-refractivity contribution in [1.29, 1.82) is 0 Å². The molecule has 4 amide bonds. The van der Waals surface area contributed by atoms with Crippen LogP contribution in [0.1, 0.15) is 37.5 Å². The van der Waals surface area contributed by atoms with Gasteiger partial charge in [0.25, 0.3) is 23.6 Å². The highest BCUT2D eigenvalue weighted by molar-refractivity contribution is 6.33. The predicted octanol–water partition coefficient (Wildman–Crippen LogP) is 2.24. The monoisotopic (exact) mass is 457 g/mol. The first-order chi connectivity index (χ1) is 15.4. The van der Waals surface area contributed by atoms with Crippen molar-refractivity contribution in [3.8, 4) is 11.5 Å². The summed E-state index contributed by atoms with van der Waals surface area (Å²) >= 11 is 6.18. The number of hydrogen-bond donors (Lipinski definition) is 0. The third kappa shape index (κ3) is 3.44. The molecular formula is C22H20ClN3O6. The number of benzene rings is 2. The van der Waals surface area contributed by atoms with Crippen LogP contribution in [0, 0.1) is 0 Å². The standard InChI is InChI=1S/C22H20ClN3O6/c1-31-16-9-8-15(23)19(32-2)18(16)22(30)26-11-5-10-25(26)17(27)12-24-20(28)13-6-3-4-7-14(13)21(24)29/h3-4,6-9H,5,10-12H2,1-2H3. The Labute approximate surface area is 189 Å². The van der Waals surface area contributed by atoms with E-state index in [1.54, 1.807) is 36.4 Å². The van der Waals surface area contributed by atoms with E-state index in [0.717, 1.165) is 4.90 Å². The Bertz CT molecular complexity index is 1100. The van der Waals surface area contributed by atoms with Crippen LogP contribution in [-0.2, 0) is 4.79 Å². The Kier molecular flexibility index (Phi) is 5.75. The van der Waals surface area contributed by atoms with Gasteiger partial charge >= 0.3 is 0 Å². The highest BCUT2D eigenvalue weighted by Crippen LogP contribution is 2.37. The lowest BCUT2D eigenvalue weighted by atomic mass is 10.1. The molecule has 9 nitrogen and oxygen atoms in total. The van der Waals surface area contributed by atoms with E-state index >= 15 is 0 Å². The molecule has 2 aromatic rings. The molecule has 2 aliphatic rings. The molecule has 32 heavy (non-hydrogen) atoms. The highest BCUT2D eigenvalue weighted by atomic mass is 35.5. The molecule has 0 unspecified atom stereocenters. The Morgan fingerprint density at radius 2 is 1.56 bits per heavy atom. The van der Waals surface area contributed by atoms with E-state index in [9.17, 15) is 19.2 Å². The third-order valence-corrected chi connectivity index (χ3v) is 5.73. The summed E-state index contributed by atoms with van der Waals surface area (Å²) in [5.41, 5.74) is 0.601. The molecule has 0 saturated carbocycles. The molecule has 0 aliphatic carbocycles. The van der Waals surface area contributed by atoms with E-state index in [4.69, 9.17) is 21.1 Å². The van der Waals surface area contributed by atoms with Crippen molar-refractivity contribution < 1.29 is 28.7 Å². The van der Waals surface area contributed by atoms with Crippen molar-refractivity contribution in [3.05, 3.63) is 58.1 Å². The number of imide groups is 1. The molecule has 0 bridgehead atoms. The van der Waals surface area contributed by atoms with E-state index in [-0.39, 0.29) is 46.3 Å². The summed E-state index contributed by atoms with van der Waals surface area (Å²) in [4.78, 5) is 52.6. The number of amides is 4. The fraction of sp³-hybridized carbons (Fsp3) is 0.273. The van der Waals surface area contributed by atoms with E-state index in [2.05, 4.69) is 0 Å². The third-order valence-electron chi connectivity index (χ3n) is 5.43. The number of ether oxygens (including phenoxy) is 2. The van der Waals surface area contributed by atoms with Gasteiger partial charge in [-0.2, -0.15) is 0 Å². The zero-order valence-corrected chi connectivity index (χ0v) is 18.2. The SMILES string of the molecule is COc1ccc(Cl)c(OC)c1C(=O)N1CCCN1C(=O)CN1C(=O)c2ccccc2C1=O. The number of hydrogen-bond acceptors (Lipinski definition) is 6. The van der Waals surface area contributed by atoms with Gasteiger partial charge in [-0.15, -0.1) is 0 Å². The Balaban J connectivity index is 1.58. The lowest BCUT2D eigenvalue weighted by Crippen LogP contribution is -2.49. The molecule has 2 aromatic carbocycles. The second-order valence-corrected chi connectivity index (χ2v) is 7.61. The van der Waals surface area contributed by atoms with Crippen molar-refractivity contribution in [1.82, 2.24) is 14.9 Å². The van der Waals surface area contributed by atoms with Crippen molar-refractivity contribution in [3.63, 3.8) is 0 Å². The summed E-state index contributed by atoms with van der Waals surface area (Å²) in [6.07, 6.45) is 0.533. The average molecular weight is 458 g/mol. The molecule has 0 atom stereocenters. The smallest absolute Gasteiger partial charge is 0.280 e. The number of carbonyl (C=O) groups excluding carboxylic acids is 4. The summed E-state index contributed by atoms with van der Waals surface area (Å²) in [6, 6.07) is 9.49. The molecule has 0 radical (unpaired) electrons. The van der Waals surface area contributed by atoms with Crippen LogP contribution < -0.4 is 9.47 Å². The number of nitrogens with zero attached hydrogens (tertiary/aromatic N) is 3. The van der Waals surface area contributed by atoms with Crippen LogP contribution in [0.25, 0.3) is 0 Å². The number of hydrazine groups is 1. The summed E-state index contributed by atoms with van der Waals surface area (Å²) in [6.45, 7) is 0.0599. The Hall–Kier alpha value is -3.59. The van der Waals surface area contributed by atoms with Crippen LogP contribution >= 0.6 is 11.6 Å². The van der Waals surface area contributed by atoms with Gasteiger partial charge in [-0.25, -0.2) is 10.0 Å². The largest absolute Gasteiger partial charge is 0.496 e. The number of rotatable bonds is 5. The fourth-order valence-electron chi connectivity index (χ4n) is 3.92. The molecule has 0 spiro atoms. The summed E-state index contributed by atoms with van der Waals surface area (Å²) < 4.78 is 10.6. The minimum absolute atomic E-state index is 0.0860. The highest BCUT2D eigenvalue weighted by Gasteiger charge is 2.40. The first-order valence-electron chi connectivity index (χ1n) is 9.86. The average Bonchev–Trinajstić information content (AvgIpc) is 3.38. The fourth-order valence-corrected chi connectivity index (χ4v) is 4.16. The topological polar surface area (TPSA) is 96.5 Å². The van der Waals surface area contributed by atoms with E-state index in [0.29, 0.717) is 6.42 Å². The summed E-state index contributed by atoms with van der Waals surface area (Å²) in [5.74, 6) is -1.77. The lowest BCUT2D eigenvalue weighted by molar-refractivity contribution is -0.140. The van der Waals surface area contributed by atoms with E-state index < -0.39 is 30.2 Å². The molecule has 0 N–H and O–H groups in total. The van der Waals surface area contributed by atoms with E-state index in [1.807, 2.05) is 0 Å². The van der Waals surface area contributed by atoms with Crippen LogP contribution in [-0.4, -0.2) is 72.4 Å². The zero-order valence-electron chi connectivity index (χ0n) is 17.5. The zero-order chi connectivity index (χ0) is 23.0. The predicted molar refractivity (Wildman–Crippen MR) is 114 cm³/mol. The molecule has 1 saturated heterocycles. The van der Waals surface area contributed by atoms with E-state index in [1.165, 1.54) is 24.2 Å². The van der Waals surface area contributed by atoms with Gasteiger partial charge in [0, 0.05) is 13.1 Å². The molecule has 2 aliphatic heterocycles. The molecule has 2 heterocycles. The maximum Gasteiger partial charge on any atom is 0.280 e. The molecule has 10 heteroatoms. The normalized spacial score (nSPS) is 15.3. The number of carbonyl (C=O) groups is 4. The van der Waals surface area contributed by atoms with Crippen molar-refractivity contribution in [2.75, 3.05) is 33.9 Å². The number of fused-ring (bicyclic) bond motifs is 1. The van der Waals surface area contributed by atoms with Gasteiger partial charge < -0.3 is 9.47 Å². The number of halogens is 1. The first-order valence-corrected chi connectivity index (χ1v) is 10.2. The maximum atomic E-state index is 13.4. The Morgan fingerprint density at radius 1 is 0.938 bits per heavy atom. The van der Waals surface area contributed by atoms with Gasteiger partial charge in [-0.05, 0) is 30.7 Å². The van der Waals surface area contributed by atoms with Crippen LogP contribution in [0.5, 0.6) is 11.5 Å². The first kappa shape index (κ1) is 21.6. The molecule has 4 rings (SSSR count). The van der Waals surface area contributed by atoms with Gasteiger partial charge in [0.1, 0.15) is 17.9 Å². The molecular weight excluding hydrogens is 438 g/mol. The van der Waals surface area contributed by atoms with Crippen LogP contribution in [0.2, 0.25) is 5.02 Å². The number of methoxy groups -OCH3 is 2.